The van der Waals surface area contributed by atoms with E-state index in [0.717, 1.165) is 33.1 Å². The summed E-state index contributed by atoms with van der Waals surface area (Å²) in [5, 5.41) is 4.82. The van der Waals surface area contributed by atoms with Gasteiger partial charge in [0.15, 0.2) is 0 Å². The smallest absolute Gasteiger partial charge is 0.143 e. The minimum Gasteiger partial charge on any atom is -0.455 e. The van der Waals surface area contributed by atoms with Crippen molar-refractivity contribution in [2.24, 2.45) is 0 Å². The van der Waals surface area contributed by atoms with Crippen LogP contribution in [0.15, 0.2) is 144 Å². The number of hydrogen-bond acceptors (Lipinski definition) is 1. The number of rotatable bonds is 3. The Kier molecular flexibility index (Phi) is 4.55. The third-order valence-electron chi connectivity index (χ3n) is 7.60. The summed E-state index contributed by atoms with van der Waals surface area (Å²) in [5.74, 6) is 0. The van der Waals surface area contributed by atoms with Crippen LogP contribution in [0.4, 0.5) is 0 Å². The van der Waals surface area contributed by atoms with E-state index in [-0.39, 0.29) is 0 Å². The largest absolute Gasteiger partial charge is 0.455 e. The quantitative estimate of drug-likeness (QED) is 0.243. The van der Waals surface area contributed by atoms with Crippen LogP contribution in [0.2, 0.25) is 0 Å². The van der Waals surface area contributed by atoms with Crippen LogP contribution in [0.5, 0.6) is 0 Å². The van der Waals surface area contributed by atoms with Gasteiger partial charge in [0.1, 0.15) is 11.2 Å². The van der Waals surface area contributed by atoms with Crippen LogP contribution >= 0.6 is 0 Å². The third-order valence-corrected chi connectivity index (χ3v) is 7.60. The molecule has 0 aliphatic carbocycles. The Morgan fingerprint density at radius 2 is 1.11 bits per heavy atom. The molecule has 0 saturated carbocycles. The summed E-state index contributed by atoms with van der Waals surface area (Å²) in [6.07, 6.45) is 0. The lowest BCUT2D eigenvalue weighted by molar-refractivity contribution is 0.670. The fourth-order valence-corrected chi connectivity index (χ4v) is 5.85. The summed E-state index contributed by atoms with van der Waals surface area (Å²) in [7, 11) is 0. The Labute approximate surface area is 220 Å². The molecule has 6 aromatic carbocycles. The molecule has 2 nitrogen and oxygen atoms in total. The van der Waals surface area contributed by atoms with E-state index < -0.39 is 0 Å². The maximum atomic E-state index is 6.33. The molecule has 38 heavy (non-hydrogen) atoms. The summed E-state index contributed by atoms with van der Waals surface area (Å²) in [6.45, 7) is 0. The second kappa shape index (κ2) is 8.22. The predicted octanol–water partition coefficient (Wildman–Crippen LogP) is 10.0. The lowest BCUT2D eigenvalue weighted by atomic mass is 9.97. The van der Waals surface area contributed by atoms with E-state index >= 15 is 0 Å². The Bertz CT molecular complexity index is 2130. The van der Waals surface area contributed by atoms with Crippen molar-refractivity contribution in [2.45, 2.75) is 0 Å². The van der Waals surface area contributed by atoms with Crippen LogP contribution in [0.25, 0.3) is 71.7 Å². The Morgan fingerprint density at radius 3 is 2.03 bits per heavy atom. The summed E-state index contributed by atoms with van der Waals surface area (Å²) in [5.41, 5.74) is 10.1. The molecule has 0 saturated heterocycles. The van der Waals surface area contributed by atoms with E-state index in [0.29, 0.717) is 0 Å². The zero-order valence-corrected chi connectivity index (χ0v) is 20.6. The Balaban J connectivity index is 1.31. The molecule has 0 amide bonds. The van der Waals surface area contributed by atoms with Gasteiger partial charge in [0.05, 0.1) is 11.0 Å². The third kappa shape index (κ3) is 3.14. The minimum absolute atomic E-state index is 0.923. The van der Waals surface area contributed by atoms with Gasteiger partial charge in [-0.2, -0.15) is 0 Å². The number of nitrogens with zero attached hydrogens (tertiary/aromatic N) is 1. The molecule has 0 fully saturated rings. The molecule has 2 heteroatoms. The molecule has 0 aliphatic rings. The van der Waals surface area contributed by atoms with Crippen molar-refractivity contribution < 1.29 is 4.42 Å². The van der Waals surface area contributed by atoms with Gasteiger partial charge in [-0.05, 0) is 59.2 Å². The van der Waals surface area contributed by atoms with Gasteiger partial charge in [0, 0.05) is 32.8 Å². The van der Waals surface area contributed by atoms with Gasteiger partial charge in [-0.1, -0.05) is 97.1 Å². The van der Waals surface area contributed by atoms with Crippen molar-refractivity contribution in [3.63, 3.8) is 0 Å². The van der Waals surface area contributed by atoms with Crippen molar-refractivity contribution in [3.8, 4) is 27.9 Å². The minimum atomic E-state index is 0.923. The van der Waals surface area contributed by atoms with Crippen LogP contribution in [0.1, 0.15) is 0 Å². The van der Waals surface area contributed by atoms with E-state index in [2.05, 4.69) is 132 Å². The van der Waals surface area contributed by atoms with Crippen molar-refractivity contribution in [1.82, 2.24) is 4.57 Å². The van der Waals surface area contributed by atoms with Crippen LogP contribution < -0.4 is 0 Å². The lowest BCUT2D eigenvalue weighted by Gasteiger charge is -2.09. The highest BCUT2D eigenvalue weighted by molar-refractivity contribution is 6.11. The number of benzene rings is 6. The standard InChI is InChI=1S/C36H23NO/c1-2-12-27(13-3-1)37-33-18-6-4-14-29(33)32-23-25(20-21-34(32)37)24-10-8-11-26(22-24)28-16-9-17-31-30-15-5-7-19-35(30)38-36(28)31/h1-23H. The number of para-hydroxylation sites is 4. The summed E-state index contributed by atoms with van der Waals surface area (Å²) >= 11 is 0. The SMILES string of the molecule is c1ccc(-n2c3ccccc3c3cc(-c4cccc(-c5cccc6c5oc5ccccc56)c4)ccc32)cc1. The molecule has 2 aromatic heterocycles. The fourth-order valence-electron chi connectivity index (χ4n) is 5.85. The van der Waals surface area contributed by atoms with Gasteiger partial charge < -0.3 is 8.98 Å². The molecule has 0 radical (unpaired) electrons. The van der Waals surface area contributed by atoms with Crippen LogP contribution in [-0.2, 0) is 0 Å². The van der Waals surface area contributed by atoms with E-state index in [1.807, 2.05) is 12.1 Å². The number of hydrogen-bond donors (Lipinski definition) is 0. The van der Waals surface area contributed by atoms with E-state index in [9.17, 15) is 0 Å². The van der Waals surface area contributed by atoms with E-state index in [1.54, 1.807) is 0 Å². The highest BCUT2D eigenvalue weighted by Gasteiger charge is 2.15. The van der Waals surface area contributed by atoms with Gasteiger partial charge in [0.25, 0.3) is 0 Å². The van der Waals surface area contributed by atoms with Crippen molar-refractivity contribution in [2.75, 3.05) is 0 Å². The molecule has 0 bridgehead atoms. The molecular weight excluding hydrogens is 462 g/mol. The van der Waals surface area contributed by atoms with Gasteiger partial charge >= 0.3 is 0 Å². The van der Waals surface area contributed by atoms with Gasteiger partial charge in [-0.3, -0.25) is 0 Å². The maximum Gasteiger partial charge on any atom is 0.143 e. The normalized spacial score (nSPS) is 11.7. The first-order valence-electron chi connectivity index (χ1n) is 12.9. The molecule has 8 rings (SSSR count). The van der Waals surface area contributed by atoms with Crippen molar-refractivity contribution in [1.29, 1.82) is 0 Å². The van der Waals surface area contributed by atoms with Crippen LogP contribution in [0.3, 0.4) is 0 Å². The molecule has 0 atom stereocenters. The van der Waals surface area contributed by atoms with Gasteiger partial charge in [0.2, 0.25) is 0 Å². The number of fused-ring (bicyclic) bond motifs is 6. The average molecular weight is 486 g/mol. The first kappa shape index (κ1) is 21.0. The van der Waals surface area contributed by atoms with Crippen LogP contribution in [0, 0.1) is 0 Å². The first-order valence-corrected chi connectivity index (χ1v) is 12.9. The Morgan fingerprint density at radius 1 is 0.421 bits per heavy atom. The summed E-state index contributed by atoms with van der Waals surface area (Å²) in [6, 6.07) is 49.5. The molecule has 0 unspecified atom stereocenters. The van der Waals surface area contributed by atoms with E-state index in [1.165, 1.54) is 38.6 Å². The summed E-state index contributed by atoms with van der Waals surface area (Å²) in [4.78, 5) is 0. The molecular formula is C36H23NO. The molecule has 8 aromatic rings. The fraction of sp³-hybridized carbons (Fsp3) is 0. The zero-order valence-electron chi connectivity index (χ0n) is 20.6. The van der Waals surface area contributed by atoms with Gasteiger partial charge in [-0.25, -0.2) is 0 Å². The average Bonchev–Trinajstić information content (AvgIpc) is 3.53. The van der Waals surface area contributed by atoms with Crippen molar-refractivity contribution >= 4 is 43.7 Å². The Hall–Kier alpha value is -5.08. The second-order valence-electron chi connectivity index (χ2n) is 9.78. The lowest BCUT2D eigenvalue weighted by Crippen LogP contribution is -1.92. The highest BCUT2D eigenvalue weighted by atomic mass is 16.3. The van der Waals surface area contributed by atoms with E-state index in [4.69, 9.17) is 4.42 Å². The summed E-state index contributed by atoms with van der Waals surface area (Å²) < 4.78 is 8.69. The molecule has 0 spiro atoms. The van der Waals surface area contributed by atoms with Crippen molar-refractivity contribution in [3.05, 3.63) is 140 Å². The predicted molar refractivity (Wildman–Crippen MR) is 159 cm³/mol. The highest BCUT2D eigenvalue weighted by Crippen LogP contribution is 2.38. The molecule has 2 heterocycles. The molecule has 0 aliphatic heterocycles. The van der Waals surface area contributed by atoms with Gasteiger partial charge in [-0.15, -0.1) is 0 Å². The molecule has 178 valence electrons. The van der Waals surface area contributed by atoms with Crippen LogP contribution in [-0.4, -0.2) is 4.57 Å². The number of furan rings is 1. The zero-order chi connectivity index (χ0) is 25.1. The monoisotopic (exact) mass is 485 g/mol. The molecule has 0 N–H and O–H groups in total. The topological polar surface area (TPSA) is 18.1 Å². The maximum absolute atomic E-state index is 6.33. The second-order valence-corrected chi connectivity index (χ2v) is 9.78. The first-order chi connectivity index (χ1) is 18.8. The number of aromatic nitrogens is 1.